The lowest BCUT2D eigenvalue weighted by Crippen LogP contribution is -2.50. The van der Waals surface area contributed by atoms with Gasteiger partial charge in [-0.3, -0.25) is 14.4 Å². The van der Waals surface area contributed by atoms with Gasteiger partial charge >= 0.3 is 5.97 Å². The Morgan fingerprint density at radius 1 is 1.50 bits per heavy atom. The average molecular weight is 302 g/mol. The van der Waals surface area contributed by atoms with Crippen molar-refractivity contribution in [3.8, 4) is 0 Å². The summed E-state index contributed by atoms with van der Waals surface area (Å²) in [6.45, 7) is 2.59. The van der Waals surface area contributed by atoms with Crippen molar-refractivity contribution >= 4 is 29.5 Å². The van der Waals surface area contributed by atoms with E-state index >= 15 is 0 Å². The predicted molar refractivity (Wildman–Crippen MR) is 72.2 cm³/mol. The average Bonchev–Trinajstić information content (AvgIpc) is 3.01. The minimum atomic E-state index is -0.952. The van der Waals surface area contributed by atoms with E-state index in [2.05, 4.69) is 0 Å². The van der Waals surface area contributed by atoms with Crippen molar-refractivity contribution in [2.24, 2.45) is 5.92 Å². The number of thioether (sulfide) groups is 1. The van der Waals surface area contributed by atoms with E-state index in [-0.39, 0.29) is 31.6 Å². The maximum atomic E-state index is 12.3. The third-order valence-corrected chi connectivity index (χ3v) is 4.53. The molecule has 2 heterocycles. The molecule has 2 rings (SSSR count). The second kappa shape index (κ2) is 6.45. The van der Waals surface area contributed by atoms with E-state index in [0.29, 0.717) is 18.2 Å². The number of amides is 2. The van der Waals surface area contributed by atoms with Gasteiger partial charge < -0.3 is 19.6 Å². The second-order valence-corrected chi connectivity index (χ2v) is 5.75. The van der Waals surface area contributed by atoms with E-state index in [4.69, 9.17) is 9.84 Å². The lowest BCUT2D eigenvalue weighted by molar-refractivity contribution is -0.146. The molecule has 2 aliphatic heterocycles. The molecule has 0 aromatic carbocycles. The van der Waals surface area contributed by atoms with Gasteiger partial charge in [-0.15, -0.1) is 11.8 Å². The highest BCUT2D eigenvalue weighted by Gasteiger charge is 2.40. The Hall–Kier alpha value is -1.28. The summed E-state index contributed by atoms with van der Waals surface area (Å²) in [5.41, 5.74) is 0. The van der Waals surface area contributed by atoms with Crippen LogP contribution in [0.15, 0.2) is 0 Å². The number of nitrogens with zero attached hydrogens (tertiary/aromatic N) is 2. The number of likely N-dealkylation sites (N-methyl/N-ethyl adjacent to an activating group) is 1. The lowest BCUT2D eigenvalue weighted by atomic mass is 10.0. The fraction of sp³-hybridized carbons (Fsp3) is 0.750. The quantitative estimate of drug-likeness (QED) is 0.734. The molecular formula is C12H18N2O5S. The van der Waals surface area contributed by atoms with Gasteiger partial charge in [0.1, 0.15) is 12.5 Å². The van der Waals surface area contributed by atoms with E-state index in [1.165, 1.54) is 21.6 Å². The van der Waals surface area contributed by atoms with E-state index < -0.39 is 17.9 Å². The first-order valence-corrected chi connectivity index (χ1v) is 7.65. The van der Waals surface area contributed by atoms with Gasteiger partial charge in [-0.2, -0.15) is 0 Å². The summed E-state index contributed by atoms with van der Waals surface area (Å²) in [5.74, 6) is -0.980. The minimum absolute atomic E-state index is 0.0164. The zero-order valence-corrected chi connectivity index (χ0v) is 12.1. The molecule has 7 nitrogen and oxygen atoms in total. The summed E-state index contributed by atoms with van der Waals surface area (Å²) in [7, 11) is 0. The van der Waals surface area contributed by atoms with E-state index in [0.717, 1.165) is 0 Å². The first kappa shape index (κ1) is 15.1. The number of rotatable bonds is 5. The molecule has 0 aromatic heterocycles. The van der Waals surface area contributed by atoms with Gasteiger partial charge in [0.15, 0.2) is 0 Å². The third-order valence-electron chi connectivity index (χ3n) is 3.58. The van der Waals surface area contributed by atoms with Crippen LogP contribution in [0.1, 0.15) is 6.92 Å². The number of carbonyl (C=O) groups excluding carboxylic acids is 2. The summed E-state index contributed by atoms with van der Waals surface area (Å²) in [4.78, 5) is 38.0. The molecule has 0 bridgehead atoms. The zero-order chi connectivity index (χ0) is 14.7. The van der Waals surface area contributed by atoms with Crippen LogP contribution >= 0.6 is 11.8 Å². The van der Waals surface area contributed by atoms with Crippen LogP contribution in [-0.4, -0.2) is 76.7 Å². The van der Waals surface area contributed by atoms with E-state index in [1.807, 2.05) is 0 Å². The molecule has 2 atom stereocenters. The topological polar surface area (TPSA) is 87.2 Å². The van der Waals surface area contributed by atoms with Gasteiger partial charge in [-0.1, -0.05) is 0 Å². The summed E-state index contributed by atoms with van der Waals surface area (Å²) < 4.78 is 5.20. The Kier molecular flexibility index (Phi) is 4.87. The second-order valence-electron chi connectivity index (χ2n) is 4.80. The molecule has 0 saturated carbocycles. The van der Waals surface area contributed by atoms with Crippen LogP contribution in [0, 0.1) is 5.92 Å². The van der Waals surface area contributed by atoms with E-state index in [1.54, 1.807) is 6.92 Å². The molecule has 2 saturated heterocycles. The molecule has 2 unspecified atom stereocenters. The normalized spacial score (nSPS) is 26.1. The maximum absolute atomic E-state index is 12.3. The molecular weight excluding hydrogens is 284 g/mol. The summed E-state index contributed by atoms with van der Waals surface area (Å²) in [5, 5.41) is 9.15. The Labute approximate surface area is 121 Å². The smallest absolute Gasteiger partial charge is 0.311 e. The largest absolute Gasteiger partial charge is 0.481 e. The first-order chi connectivity index (χ1) is 9.54. The minimum Gasteiger partial charge on any atom is -0.481 e. The number of aliphatic carboxylic acids is 1. The highest BCUT2D eigenvalue weighted by molar-refractivity contribution is 8.00. The van der Waals surface area contributed by atoms with Crippen molar-refractivity contribution in [1.29, 1.82) is 0 Å². The SMILES string of the molecule is CCN(C(=O)CN1CSCC1=O)C1COCC1C(=O)O. The molecule has 1 N–H and O–H groups in total. The Bertz CT molecular complexity index is 417. The van der Waals surface area contributed by atoms with Crippen LogP contribution in [-0.2, 0) is 19.1 Å². The molecule has 112 valence electrons. The van der Waals surface area contributed by atoms with Crippen LogP contribution in [0.25, 0.3) is 0 Å². The monoisotopic (exact) mass is 302 g/mol. The van der Waals surface area contributed by atoms with Gasteiger partial charge in [-0.25, -0.2) is 0 Å². The molecule has 2 fully saturated rings. The lowest BCUT2D eigenvalue weighted by Gasteiger charge is -2.30. The standard InChI is InChI=1S/C12H18N2O5S/c1-2-14(9-5-19-4-8(9)12(17)18)10(15)3-13-7-20-6-11(13)16/h8-9H,2-7H2,1H3,(H,17,18). The summed E-state index contributed by atoms with van der Waals surface area (Å²) in [6.07, 6.45) is 0. The third kappa shape index (κ3) is 3.06. The zero-order valence-electron chi connectivity index (χ0n) is 11.3. The number of carboxylic acid groups (broad SMARTS) is 1. The van der Waals surface area contributed by atoms with Crippen molar-refractivity contribution in [1.82, 2.24) is 9.80 Å². The summed E-state index contributed by atoms with van der Waals surface area (Å²) in [6, 6.07) is -0.449. The van der Waals surface area contributed by atoms with E-state index in [9.17, 15) is 14.4 Å². The Morgan fingerprint density at radius 3 is 2.80 bits per heavy atom. The summed E-state index contributed by atoms with van der Waals surface area (Å²) >= 11 is 1.48. The number of ether oxygens (including phenoxy) is 1. The van der Waals surface area contributed by atoms with Crippen LogP contribution in [0.2, 0.25) is 0 Å². The molecule has 0 aromatic rings. The van der Waals surface area contributed by atoms with Crippen molar-refractivity contribution in [3.63, 3.8) is 0 Å². The van der Waals surface area contributed by atoms with Crippen LogP contribution in [0.3, 0.4) is 0 Å². The number of hydrogen-bond acceptors (Lipinski definition) is 5. The van der Waals surface area contributed by atoms with Crippen molar-refractivity contribution in [2.75, 3.05) is 37.9 Å². The van der Waals surface area contributed by atoms with Crippen molar-refractivity contribution < 1.29 is 24.2 Å². The number of carbonyl (C=O) groups is 3. The molecule has 2 amide bonds. The molecule has 8 heteroatoms. The van der Waals surface area contributed by atoms with Crippen LogP contribution in [0.5, 0.6) is 0 Å². The molecule has 2 aliphatic rings. The first-order valence-electron chi connectivity index (χ1n) is 6.50. The predicted octanol–water partition coefficient (Wildman–Crippen LogP) is -0.533. The maximum Gasteiger partial charge on any atom is 0.311 e. The molecule has 0 radical (unpaired) electrons. The fourth-order valence-corrected chi connectivity index (χ4v) is 3.38. The Balaban J connectivity index is 2.01. The molecule has 0 spiro atoms. The van der Waals surface area contributed by atoms with Crippen molar-refractivity contribution in [2.45, 2.75) is 13.0 Å². The van der Waals surface area contributed by atoms with Crippen LogP contribution in [0.4, 0.5) is 0 Å². The van der Waals surface area contributed by atoms with Gasteiger partial charge in [0.2, 0.25) is 11.8 Å². The van der Waals surface area contributed by atoms with Gasteiger partial charge in [-0.05, 0) is 6.92 Å². The highest BCUT2D eigenvalue weighted by Crippen LogP contribution is 2.21. The highest BCUT2D eigenvalue weighted by atomic mass is 32.2. The number of hydrogen-bond donors (Lipinski definition) is 1. The fourth-order valence-electron chi connectivity index (χ4n) is 2.48. The Morgan fingerprint density at radius 2 is 2.25 bits per heavy atom. The van der Waals surface area contributed by atoms with Gasteiger partial charge in [0.25, 0.3) is 0 Å². The van der Waals surface area contributed by atoms with Crippen LogP contribution < -0.4 is 0 Å². The van der Waals surface area contributed by atoms with Gasteiger partial charge in [0.05, 0.1) is 30.9 Å². The molecule has 20 heavy (non-hydrogen) atoms. The molecule has 0 aliphatic carbocycles. The van der Waals surface area contributed by atoms with Crippen molar-refractivity contribution in [3.05, 3.63) is 0 Å². The number of carboxylic acids is 1. The van der Waals surface area contributed by atoms with Gasteiger partial charge in [0, 0.05) is 6.54 Å².